The Bertz CT molecular complexity index is 283. The Labute approximate surface area is 97.0 Å². The van der Waals surface area contributed by atoms with E-state index in [0.717, 1.165) is 45.7 Å². The highest BCUT2D eigenvalue weighted by atomic mass is 16.2. The van der Waals surface area contributed by atoms with Gasteiger partial charge in [-0.3, -0.25) is 9.69 Å². The first kappa shape index (κ1) is 11.4. The van der Waals surface area contributed by atoms with Gasteiger partial charge in [0.1, 0.15) is 0 Å². The molecule has 88 valence electrons. The summed E-state index contributed by atoms with van der Waals surface area (Å²) < 4.78 is 0. The predicted molar refractivity (Wildman–Crippen MR) is 62.8 cm³/mol. The maximum Gasteiger partial charge on any atom is 0.227 e. The zero-order valence-corrected chi connectivity index (χ0v) is 9.61. The van der Waals surface area contributed by atoms with Crippen LogP contribution in [0.5, 0.6) is 0 Å². The fourth-order valence-electron chi connectivity index (χ4n) is 2.38. The van der Waals surface area contributed by atoms with Gasteiger partial charge < -0.3 is 10.2 Å². The average molecular weight is 221 g/mol. The van der Waals surface area contributed by atoms with Crippen molar-refractivity contribution in [3.05, 3.63) is 0 Å². The largest absolute Gasteiger partial charge is 0.340 e. The Hall–Kier alpha value is -1.05. The van der Waals surface area contributed by atoms with E-state index in [1.165, 1.54) is 0 Å². The molecule has 1 amide bonds. The van der Waals surface area contributed by atoms with Crippen LogP contribution in [0.15, 0.2) is 0 Å². The topological polar surface area (TPSA) is 35.6 Å². The van der Waals surface area contributed by atoms with Crippen LogP contribution in [0.25, 0.3) is 0 Å². The molecular weight excluding hydrogens is 202 g/mol. The molecule has 0 aromatic heterocycles. The molecule has 0 aliphatic carbocycles. The van der Waals surface area contributed by atoms with Gasteiger partial charge in [0.25, 0.3) is 0 Å². The van der Waals surface area contributed by atoms with Crippen LogP contribution in [0, 0.1) is 18.3 Å². The second-order valence-electron chi connectivity index (χ2n) is 4.50. The van der Waals surface area contributed by atoms with Gasteiger partial charge in [0.05, 0.1) is 12.5 Å². The Balaban J connectivity index is 1.80. The number of rotatable bonds is 2. The van der Waals surface area contributed by atoms with Crippen molar-refractivity contribution in [2.45, 2.75) is 6.42 Å². The zero-order chi connectivity index (χ0) is 11.4. The van der Waals surface area contributed by atoms with E-state index in [0.29, 0.717) is 12.5 Å². The molecule has 2 aliphatic heterocycles. The van der Waals surface area contributed by atoms with Crippen LogP contribution in [0.2, 0.25) is 0 Å². The highest BCUT2D eigenvalue weighted by Crippen LogP contribution is 2.13. The van der Waals surface area contributed by atoms with Crippen molar-refractivity contribution in [2.24, 2.45) is 5.92 Å². The van der Waals surface area contributed by atoms with Crippen molar-refractivity contribution >= 4 is 5.91 Å². The molecular formula is C12H19N3O. The summed E-state index contributed by atoms with van der Waals surface area (Å²) in [5, 5.41) is 3.24. The number of nitrogens with zero attached hydrogens (tertiary/aromatic N) is 2. The molecule has 1 N–H and O–H groups in total. The Kier molecular flexibility index (Phi) is 3.81. The number of carbonyl (C=O) groups is 1. The van der Waals surface area contributed by atoms with E-state index in [1.807, 2.05) is 4.90 Å². The van der Waals surface area contributed by atoms with E-state index >= 15 is 0 Å². The Morgan fingerprint density at radius 1 is 1.38 bits per heavy atom. The Morgan fingerprint density at radius 3 is 2.69 bits per heavy atom. The van der Waals surface area contributed by atoms with Gasteiger partial charge >= 0.3 is 0 Å². The minimum absolute atomic E-state index is 0.208. The summed E-state index contributed by atoms with van der Waals surface area (Å²) in [6.45, 7) is 6.02. The minimum atomic E-state index is 0.208. The van der Waals surface area contributed by atoms with Crippen LogP contribution in [0.3, 0.4) is 0 Å². The van der Waals surface area contributed by atoms with Gasteiger partial charge in [-0.2, -0.15) is 0 Å². The second-order valence-corrected chi connectivity index (χ2v) is 4.50. The Morgan fingerprint density at radius 2 is 2.12 bits per heavy atom. The number of nitrogens with one attached hydrogen (secondary N) is 1. The number of carbonyl (C=O) groups excluding carboxylic acids is 1. The molecule has 0 bridgehead atoms. The second kappa shape index (κ2) is 5.33. The normalized spacial score (nSPS) is 26.7. The lowest BCUT2D eigenvalue weighted by atomic mass is 10.1. The van der Waals surface area contributed by atoms with Crippen molar-refractivity contribution in [3.63, 3.8) is 0 Å². The maximum absolute atomic E-state index is 12.1. The molecule has 0 saturated carbocycles. The van der Waals surface area contributed by atoms with Crippen LogP contribution in [0.4, 0.5) is 0 Å². The molecule has 0 radical (unpaired) electrons. The average Bonchev–Trinajstić information content (AvgIpc) is 2.83. The minimum Gasteiger partial charge on any atom is -0.340 e. The fourth-order valence-corrected chi connectivity index (χ4v) is 2.38. The molecule has 0 spiro atoms. The zero-order valence-electron chi connectivity index (χ0n) is 9.61. The molecule has 2 rings (SSSR count). The monoisotopic (exact) mass is 221 g/mol. The summed E-state index contributed by atoms with van der Waals surface area (Å²) in [5.74, 6) is 3.18. The number of hydrogen-bond donors (Lipinski definition) is 1. The molecule has 1 unspecified atom stereocenters. The van der Waals surface area contributed by atoms with Gasteiger partial charge in [-0.15, -0.1) is 6.42 Å². The number of piperazine rings is 1. The SMILES string of the molecule is C#CCN1CCN(C(=O)C2CCNC2)CC1. The molecule has 2 aliphatic rings. The van der Waals surface area contributed by atoms with Gasteiger partial charge in [-0.1, -0.05) is 5.92 Å². The van der Waals surface area contributed by atoms with Crippen molar-refractivity contribution in [1.82, 2.24) is 15.1 Å². The van der Waals surface area contributed by atoms with Crippen LogP contribution >= 0.6 is 0 Å². The van der Waals surface area contributed by atoms with Gasteiger partial charge in [0.2, 0.25) is 5.91 Å². The summed E-state index contributed by atoms with van der Waals surface area (Å²) >= 11 is 0. The maximum atomic E-state index is 12.1. The van der Waals surface area contributed by atoms with E-state index in [2.05, 4.69) is 16.1 Å². The number of hydrogen-bond acceptors (Lipinski definition) is 3. The van der Waals surface area contributed by atoms with Gasteiger partial charge in [0, 0.05) is 32.7 Å². The molecule has 0 aromatic rings. The molecule has 1 atom stereocenters. The van der Waals surface area contributed by atoms with Crippen molar-refractivity contribution in [3.8, 4) is 12.3 Å². The van der Waals surface area contributed by atoms with Gasteiger partial charge in [-0.05, 0) is 13.0 Å². The van der Waals surface area contributed by atoms with Crippen molar-refractivity contribution in [2.75, 3.05) is 45.8 Å². The lowest BCUT2D eigenvalue weighted by Gasteiger charge is -2.34. The van der Waals surface area contributed by atoms with Gasteiger partial charge in [0.15, 0.2) is 0 Å². The van der Waals surface area contributed by atoms with Gasteiger partial charge in [-0.25, -0.2) is 0 Å². The van der Waals surface area contributed by atoms with Crippen LogP contribution in [-0.4, -0.2) is 61.5 Å². The highest BCUT2D eigenvalue weighted by molar-refractivity contribution is 5.79. The van der Waals surface area contributed by atoms with E-state index in [4.69, 9.17) is 6.42 Å². The third kappa shape index (κ3) is 2.55. The first-order valence-corrected chi connectivity index (χ1v) is 5.96. The highest BCUT2D eigenvalue weighted by Gasteiger charge is 2.28. The number of terminal acetylenes is 1. The summed E-state index contributed by atoms with van der Waals surface area (Å²) in [6, 6.07) is 0. The quantitative estimate of drug-likeness (QED) is 0.631. The van der Waals surface area contributed by atoms with Crippen LogP contribution in [0.1, 0.15) is 6.42 Å². The first-order chi connectivity index (χ1) is 7.81. The molecule has 2 fully saturated rings. The molecule has 2 heterocycles. The van der Waals surface area contributed by atoms with E-state index < -0.39 is 0 Å². The third-order valence-electron chi connectivity index (χ3n) is 3.41. The predicted octanol–water partition coefficient (Wildman–Crippen LogP) is -0.627. The van der Waals surface area contributed by atoms with Crippen molar-refractivity contribution < 1.29 is 4.79 Å². The third-order valence-corrected chi connectivity index (χ3v) is 3.41. The standard InChI is InChI=1S/C12H19N3O/c1-2-5-14-6-8-15(9-7-14)12(16)11-3-4-13-10-11/h1,11,13H,3-10H2. The summed E-state index contributed by atoms with van der Waals surface area (Å²) in [5.41, 5.74) is 0. The fraction of sp³-hybridized carbons (Fsp3) is 0.750. The molecule has 4 heteroatoms. The first-order valence-electron chi connectivity index (χ1n) is 5.96. The van der Waals surface area contributed by atoms with E-state index in [-0.39, 0.29) is 5.92 Å². The number of amides is 1. The van der Waals surface area contributed by atoms with Crippen LogP contribution in [-0.2, 0) is 4.79 Å². The summed E-state index contributed by atoms with van der Waals surface area (Å²) in [6.07, 6.45) is 6.26. The van der Waals surface area contributed by atoms with Crippen LogP contribution < -0.4 is 5.32 Å². The lowest BCUT2D eigenvalue weighted by Crippen LogP contribution is -2.50. The smallest absolute Gasteiger partial charge is 0.227 e. The molecule has 16 heavy (non-hydrogen) atoms. The summed E-state index contributed by atoms with van der Waals surface area (Å²) in [7, 11) is 0. The van der Waals surface area contributed by atoms with E-state index in [9.17, 15) is 4.79 Å². The summed E-state index contributed by atoms with van der Waals surface area (Å²) in [4.78, 5) is 16.3. The molecule has 4 nitrogen and oxygen atoms in total. The molecule has 2 saturated heterocycles. The molecule has 0 aromatic carbocycles. The van der Waals surface area contributed by atoms with E-state index in [1.54, 1.807) is 0 Å². The van der Waals surface area contributed by atoms with Crippen molar-refractivity contribution in [1.29, 1.82) is 0 Å². The lowest BCUT2D eigenvalue weighted by molar-refractivity contribution is -0.136.